The van der Waals surface area contributed by atoms with E-state index in [1.807, 2.05) is 0 Å². The highest BCUT2D eigenvalue weighted by Crippen LogP contribution is 2.54. The summed E-state index contributed by atoms with van der Waals surface area (Å²) in [7, 11) is 0. The smallest absolute Gasteiger partial charge is 0.376 e. The highest BCUT2D eigenvalue weighted by atomic mass is 16.3. The number of hydrogen-bond acceptors (Lipinski definition) is 2. The molecule has 3 aliphatic rings. The largest absolute Gasteiger partial charge is 0.466 e. The Bertz CT molecular complexity index is 3580. The normalized spacial score (nSPS) is 16.0. The average molecular weight is 801 g/mol. The maximum Gasteiger partial charge on any atom is 0.376 e. The zero-order valence-corrected chi connectivity index (χ0v) is 36.7. The number of benzene rings is 8. The van der Waals surface area contributed by atoms with Crippen LogP contribution >= 0.6 is 0 Å². The molecule has 0 saturated heterocycles. The van der Waals surface area contributed by atoms with Gasteiger partial charge in [0.25, 0.3) is 0 Å². The molecule has 2 aliphatic heterocycles. The number of nitrogens with zero attached hydrogens (tertiary/aromatic N) is 2. The number of anilines is 3. The van der Waals surface area contributed by atoms with Gasteiger partial charge in [-0.1, -0.05) is 152 Å². The molecule has 0 radical (unpaired) electrons. The summed E-state index contributed by atoms with van der Waals surface area (Å²) in [5.41, 5.74) is 18.5. The van der Waals surface area contributed by atoms with Crippen molar-refractivity contribution < 1.29 is 4.42 Å². The first-order valence-corrected chi connectivity index (χ1v) is 22.5. The van der Waals surface area contributed by atoms with E-state index in [1.54, 1.807) is 0 Å². The first kappa shape index (κ1) is 36.2. The molecule has 0 unspecified atom stereocenters. The lowest BCUT2D eigenvalue weighted by atomic mass is 9.47. The maximum atomic E-state index is 7.64. The molecule has 4 heterocycles. The van der Waals surface area contributed by atoms with Crippen molar-refractivity contribution in [2.75, 3.05) is 4.90 Å². The van der Waals surface area contributed by atoms with Gasteiger partial charge in [0.1, 0.15) is 11.2 Å². The highest BCUT2D eigenvalue weighted by Gasteiger charge is 2.48. The first-order valence-electron chi connectivity index (χ1n) is 22.5. The predicted molar refractivity (Wildman–Crippen MR) is 264 cm³/mol. The van der Waals surface area contributed by atoms with Gasteiger partial charge in [-0.15, -0.1) is 0 Å². The van der Waals surface area contributed by atoms with Gasteiger partial charge in [0.15, 0.2) is 0 Å². The molecule has 0 saturated carbocycles. The summed E-state index contributed by atoms with van der Waals surface area (Å²) in [6.07, 6.45) is 2.29. The molecule has 0 atom stereocenters. The molecule has 0 spiro atoms. The Labute approximate surface area is 363 Å². The van der Waals surface area contributed by atoms with E-state index in [-0.39, 0.29) is 23.1 Å². The minimum absolute atomic E-state index is 0.0289. The highest BCUT2D eigenvalue weighted by molar-refractivity contribution is 6.90. The third-order valence-electron chi connectivity index (χ3n) is 15.1. The van der Waals surface area contributed by atoms with Crippen molar-refractivity contribution in [2.24, 2.45) is 0 Å². The number of fused-ring (bicyclic) bond motifs is 13. The van der Waals surface area contributed by atoms with E-state index in [0.29, 0.717) is 0 Å². The second kappa shape index (κ2) is 12.1. The lowest BCUT2D eigenvalue weighted by Gasteiger charge is -2.42. The van der Waals surface area contributed by atoms with Crippen molar-refractivity contribution in [1.82, 2.24) is 4.48 Å². The van der Waals surface area contributed by atoms with Crippen LogP contribution < -0.4 is 16.0 Å². The van der Waals surface area contributed by atoms with Crippen LogP contribution in [0.2, 0.25) is 0 Å². The van der Waals surface area contributed by atoms with Crippen LogP contribution in [0.1, 0.15) is 78.0 Å². The van der Waals surface area contributed by atoms with Gasteiger partial charge in [0.05, 0.1) is 11.4 Å². The third-order valence-corrected chi connectivity index (χ3v) is 15.1. The summed E-state index contributed by atoms with van der Waals surface area (Å²) < 4.78 is 10.3. The number of rotatable bonds is 2. The molecule has 300 valence electrons. The molecule has 3 nitrogen and oxygen atoms in total. The van der Waals surface area contributed by atoms with Crippen molar-refractivity contribution in [3.63, 3.8) is 0 Å². The van der Waals surface area contributed by atoms with E-state index >= 15 is 0 Å². The van der Waals surface area contributed by atoms with E-state index in [4.69, 9.17) is 4.42 Å². The van der Waals surface area contributed by atoms with E-state index in [2.05, 4.69) is 203 Å². The molecule has 1 aliphatic carbocycles. The van der Waals surface area contributed by atoms with Gasteiger partial charge in [-0.2, -0.15) is 0 Å². The molecule has 8 aromatic carbocycles. The van der Waals surface area contributed by atoms with Gasteiger partial charge in [-0.05, 0) is 126 Å². The standard InChI is InChI=1S/C58H49BN2O/c1-56(2,3)38-24-25-47(42(31-38)34-16-9-8-10-17-34)60-49-30-37-20-13-14-21-39(37)51-41-23-15-22-40-43-28-35-18-11-12-19-36(35)29-48(43)61(53(40)41)59(52(49)51)55-54(60)44-32-45-46(33-50(44)62-55)58(6,7)27-26-57(45,4)5/h8-25,28-33H,26-27H2,1-7H3. The lowest BCUT2D eigenvalue weighted by Crippen LogP contribution is -2.56. The fourth-order valence-electron chi connectivity index (χ4n) is 11.7. The second-order valence-electron chi connectivity index (χ2n) is 20.8. The zero-order valence-electron chi connectivity index (χ0n) is 36.7. The number of hydrogen-bond donors (Lipinski definition) is 0. The third kappa shape index (κ3) is 4.78. The summed E-state index contributed by atoms with van der Waals surface area (Å²) in [5.74, 6) is 0. The Kier molecular flexibility index (Phi) is 7.06. The molecule has 0 bridgehead atoms. The molecule has 0 N–H and O–H groups in total. The lowest BCUT2D eigenvalue weighted by molar-refractivity contribution is 0.332. The predicted octanol–water partition coefficient (Wildman–Crippen LogP) is 14.6. The fraction of sp³-hybridized carbons (Fsp3) is 0.207. The monoisotopic (exact) mass is 800 g/mol. The maximum absolute atomic E-state index is 7.64. The average Bonchev–Trinajstić information content (AvgIpc) is 3.80. The summed E-state index contributed by atoms with van der Waals surface area (Å²) in [4.78, 5) is 2.61. The van der Waals surface area contributed by atoms with Crippen LogP contribution in [-0.2, 0) is 16.2 Å². The van der Waals surface area contributed by atoms with E-state index in [9.17, 15) is 0 Å². The van der Waals surface area contributed by atoms with Crippen molar-refractivity contribution in [3.8, 4) is 22.3 Å². The van der Waals surface area contributed by atoms with E-state index in [0.717, 1.165) is 35.5 Å². The Hall–Kier alpha value is -6.52. The second-order valence-corrected chi connectivity index (χ2v) is 20.8. The number of furan rings is 1. The van der Waals surface area contributed by atoms with Crippen molar-refractivity contribution in [3.05, 3.63) is 162 Å². The fourth-order valence-corrected chi connectivity index (χ4v) is 11.7. The van der Waals surface area contributed by atoms with Crippen LogP contribution in [0.15, 0.2) is 150 Å². The van der Waals surface area contributed by atoms with Crippen LogP contribution in [0.5, 0.6) is 0 Å². The van der Waals surface area contributed by atoms with Crippen LogP contribution in [0.3, 0.4) is 0 Å². The van der Waals surface area contributed by atoms with Gasteiger partial charge >= 0.3 is 6.85 Å². The molecule has 13 rings (SSSR count). The topological polar surface area (TPSA) is 21.3 Å². The Morgan fingerprint density at radius 3 is 2.00 bits per heavy atom. The van der Waals surface area contributed by atoms with Gasteiger partial charge in [-0.3, -0.25) is 0 Å². The van der Waals surface area contributed by atoms with Crippen molar-refractivity contribution >= 4 is 89.4 Å². The molecule has 10 aromatic rings. The van der Waals surface area contributed by atoms with Crippen molar-refractivity contribution in [1.29, 1.82) is 0 Å². The summed E-state index contributed by atoms with van der Waals surface area (Å²) in [6.45, 7) is 16.5. The zero-order chi connectivity index (χ0) is 42.0. The summed E-state index contributed by atoms with van der Waals surface area (Å²) >= 11 is 0. The van der Waals surface area contributed by atoms with Gasteiger partial charge < -0.3 is 13.8 Å². The van der Waals surface area contributed by atoms with E-state index in [1.165, 1.54) is 98.8 Å². The van der Waals surface area contributed by atoms with Crippen LogP contribution in [0.4, 0.5) is 17.1 Å². The molecule has 2 aromatic heterocycles. The van der Waals surface area contributed by atoms with Crippen LogP contribution in [0, 0.1) is 0 Å². The molecule has 0 amide bonds. The SMILES string of the molecule is CC(C)(C)c1ccc(N2c3cc4ccccc4c4c3B(c3oc5cc6c(cc5c32)C(C)(C)CCC6(C)C)n2c3cc5ccccc5cc3c3cccc-4c32)c(-c2ccccc2)c1. The quantitative estimate of drug-likeness (QED) is 0.162. The first-order chi connectivity index (χ1) is 29.9. The summed E-state index contributed by atoms with van der Waals surface area (Å²) in [5, 5.41) is 8.76. The minimum Gasteiger partial charge on any atom is -0.466 e. The molecular formula is C58H49BN2O. The van der Waals surface area contributed by atoms with Gasteiger partial charge in [0.2, 0.25) is 0 Å². The van der Waals surface area contributed by atoms with E-state index < -0.39 is 0 Å². The summed E-state index contributed by atoms with van der Waals surface area (Å²) in [6, 6.07) is 55.3. The number of aromatic nitrogens is 1. The Morgan fingerprint density at radius 1 is 0.565 bits per heavy atom. The Balaban J connectivity index is 1.24. The van der Waals surface area contributed by atoms with Gasteiger partial charge in [-0.25, -0.2) is 0 Å². The van der Waals surface area contributed by atoms with Crippen LogP contribution in [-0.4, -0.2) is 11.3 Å². The minimum atomic E-state index is -0.202. The van der Waals surface area contributed by atoms with Crippen molar-refractivity contribution in [2.45, 2.75) is 77.6 Å². The molecule has 0 fully saturated rings. The molecular weight excluding hydrogens is 751 g/mol. The van der Waals surface area contributed by atoms with Gasteiger partial charge in [0, 0.05) is 44.0 Å². The number of para-hydroxylation sites is 1. The van der Waals surface area contributed by atoms with Crippen LogP contribution in [0.25, 0.3) is 76.6 Å². The molecule has 4 heteroatoms. The molecule has 62 heavy (non-hydrogen) atoms. The Morgan fingerprint density at radius 2 is 1.24 bits per heavy atom.